The highest BCUT2D eigenvalue weighted by molar-refractivity contribution is 9.09. The summed E-state index contributed by atoms with van der Waals surface area (Å²) in [7, 11) is 0. The molecule has 8 heteroatoms. The molecule has 0 N–H and O–H groups in total. The van der Waals surface area contributed by atoms with E-state index in [1.165, 1.54) is 10.7 Å². The predicted octanol–water partition coefficient (Wildman–Crippen LogP) is 2.77. The van der Waals surface area contributed by atoms with Crippen LogP contribution >= 0.6 is 27.5 Å². The summed E-state index contributed by atoms with van der Waals surface area (Å²) in [5.41, 5.74) is 1.01. The van der Waals surface area contributed by atoms with Gasteiger partial charge in [-0.15, -0.1) is 5.10 Å². The number of aromatic nitrogens is 3. The van der Waals surface area contributed by atoms with E-state index < -0.39 is 4.92 Å². The molecule has 0 atom stereocenters. The van der Waals surface area contributed by atoms with Gasteiger partial charge in [0.05, 0.1) is 16.8 Å². The monoisotopic (exact) mass is 330 g/mol. The Balaban J connectivity index is 2.45. The van der Waals surface area contributed by atoms with Crippen LogP contribution in [0, 0.1) is 10.1 Å². The Morgan fingerprint density at radius 3 is 2.94 bits per heavy atom. The summed E-state index contributed by atoms with van der Waals surface area (Å²) in [6, 6.07) is 4.42. The van der Waals surface area contributed by atoms with E-state index in [1.807, 2.05) is 0 Å². The molecular weight excluding hydrogens is 323 g/mol. The van der Waals surface area contributed by atoms with Crippen LogP contribution in [0.3, 0.4) is 0 Å². The van der Waals surface area contributed by atoms with E-state index in [-0.39, 0.29) is 5.69 Å². The molecule has 0 radical (unpaired) electrons. The van der Waals surface area contributed by atoms with Crippen molar-refractivity contribution in [3.05, 3.63) is 45.2 Å². The lowest BCUT2D eigenvalue weighted by Gasteiger charge is -2.01. The van der Waals surface area contributed by atoms with E-state index >= 15 is 0 Å². The number of alkyl halides is 1. The number of benzene rings is 1. The van der Waals surface area contributed by atoms with Gasteiger partial charge in [0.15, 0.2) is 0 Å². The summed E-state index contributed by atoms with van der Waals surface area (Å²) in [6.45, 7) is 0. The van der Waals surface area contributed by atoms with Crippen LogP contribution in [0.2, 0.25) is 5.02 Å². The average molecular weight is 332 g/mol. The van der Waals surface area contributed by atoms with Crippen LogP contribution in [0.1, 0.15) is 5.69 Å². The number of nitro benzene ring substituents is 1. The predicted molar refractivity (Wildman–Crippen MR) is 70.5 cm³/mol. The molecule has 0 unspecified atom stereocenters. The lowest BCUT2D eigenvalue weighted by molar-refractivity contribution is -0.384. The van der Waals surface area contributed by atoms with E-state index in [4.69, 9.17) is 11.6 Å². The molecule has 2 aromatic rings. The van der Waals surface area contributed by atoms with E-state index in [9.17, 15) is 10.1 Å². The summed E-state index contributed by atoms with van der Waals surface area (Å²) in [5, 5.41) is 19.8. The van der Waals surface area contributed by atoms with Gasteiger partial charge in [-0.25, -0.2) is 4.68 Å². The lowest BCUT2D eigenvalue weighted by Crippen LogP contribution is -2.00. The minimum Gasteiger partial charge on any atom is -0.258 e. The number of nitrogens with zero attached hydrogens (tertiary/aromatic N) is 4. The van der Waals surface area contributed by atoms with Crippen LogP contribution in [-0.4, -0.2) is 25.2 Å². The highest BCUT2D eigenvalue weighted by Crippen LogP contribution is 2.25. The molecule has 0 saturated carbocycles. The van der Waals surface area contributed by atoms with Crippen LogP contribution in [0.4, 0.5) is 5.69 Å². The Hall–Kier alpha value is -1.47. The van der Waals surface area contributed by atoms with Gasteiger partial charge in [0, 0.05) is 22.8 Å². The molecule has 0 aliphatic heterocycles. The van der Waals surface area contributed by atoms with E-state index in [0.29, 0.717) is 17.1 Å². The zero-order valence-corrected chi connectivity index (χ0v) is 11.4. The van der Waals surface area contributed by atoms with Gasteiger partial charge in [0.1, 0.15) is 5.69 Å². The number of rotatable bonds is 4. The first kappa shape index (κ1) is 13.0. The molecule has 2 rings (SSSR count). The maximum Gasteiger partial charge on any atom is 0.296 e. The SMILES string of the molecule is O=[N+]([O-])c1cc(Cl)ccc1-n1cc(CCBr)nn1. The van der Waals surface area contributed by atoms with Crippen molar-refractivity contribution in [3.63, 3.8) is 0 Å². The third kappa shape index (κ3) is 2.68. The minimum absolute atomic E-state index is 0.0993. The molecule has 94 valence electrons. The minimum atomic E-state index is -0.493. The van der Waals surface area contributed by atoms with Gasteiger partial charge >= 0.3 is 0 Å². The van der Waals surface area contributed by atoms with Gasteiger partial charge < -0.3 is 0 Å². The number of aryl methyl sites for hydroxylation is 1. The average Bonchev–Trinajstić information content (AvgIpc) is 2.78. The van der Waals surface area contributed by atoms with E-state index in [0.717, 1.165) is 11.0 Å². The van der Waals surface area contributed by atoms with Crippen LogP contribution in [-0.2, 0) is 6.42 Å². The van der Waals surface area contributed by atoms with Crippen molar-refractivity contribution in [3.8, 4) is 5.69 Å². The molecule has 1 aromatic heterocycles. The first-order valence-electron chi connectivity index (χ1n) is 5.03. The van der Waals surface area contributed by atoms with Gasteiger partial charge in [0.25, 0.3) is 5.69 Å². The summed E-state index contributed by atoms with van der Waals surface area (Å²) >= 11 is 9.04. The number of hydrogen-bond acceptors (Lipinski definition) is 4. The maximum absolute atomic E-state index is 11.0. The Bertz CT molecular complexity index is 587. The standard InChI is InChI=1S/C10H8BrClN4O2/c11-4-3-8-6-15(14-13-8)9-2-1-7(12)5-10(9)16(17)18/h1-2,5-6H,3-4H2. The van der Waals surface area contributed by atoms with Crippen LogP contribution in [0.25, 0.3) is 5.69 Å². The largest absolute Gasteiger partial charge is 0.296 e. The molecule has 0 aliphatic rings. The Morgan fingerprint density at radius 2 is 2.28 bits per heavy atom. The van der Waals surface area contributed by atoms with Gasteiger partial charge in [-0.1, -0.05) is 32.7 Å². The van der Waals surface area contributed by atoms with Crippen molar-refractivity contribution in [1.29, 1.82) is 0 Å². The van der Waals surface area contributed by atoms with E-state index in [2.05, 4.69) is 26.2 Å². The maximum atomic E-state index is 11.0. The molecule has 18 heavy (non-hydrogen) atoms. The Kier molecular flexibility index (Phi) is 3.93. The zero-order valence-electron chi connectivity index (χ0n) is 9.08. The van der Waals surface area contributed by atoms with Gasteiger partial charge in [-0.2, -0.15) is 0 Å². The summed E-state index contributed by atoms with van der Waals surface area (Å²) in [5.74, 6) is 0. The van der Waals surface area contributed by atoms with Crippen molar-refractivity contribution in [1.82, 2.24) is 15.0 Å². The second-order valence-electron chi connectivity index (χ2n) is 3.48. The molecule has 0 amide bonds. The molecular formula is C10H8BrClN4O2. The van der Waals surface area contributed by atoms with Gasteiger partial charge in [-0.3, -0.25) is 10.1 Å². The van der Waals surface area contributed by atoms with Crippen LogP contribution in [0.5, 0.6) is 0 Å². The molecule has 1 aromatic carbocycles. The smallest absolute Gasteiger partial charge is 0.258 e. The first-order chi connectivity index (χ1) is 8.61. The van der Waals surface area contributed by atoms with Crippen molar-refractivity contribution in [2.24, 2.45) is 0 Å². The fraction of sp³-hybridized carbons (Fsp3) is 0.200. The molecule has 0 aliphatic carbocycles. The highest BCUT2D eigenvalue weighted by atomic mass is 79.9. The number of halogens is 2. The Morgan fingerprint density at radius 1 is 1.50 bits per heavy atom. The van der Waals surface area contributed by atoms with Crippen LogP contribution in [0.15, 0.2) is 24.4 Å². The Labute approximate surface area is 116 Å². The fourth-order valence-corrected chi connectivity index (χ4v) is 2.04. The summed E-state index contributed by atoms with van der Waals surface area (Å²) in [4.78, 5) is 10.5. The first-order valence-corrected chi connectivity index (χ1v) is 6.53. The number of hydrogen-bond donors (Lipinski definition) is 0. The third-order valence-electron chi connectivity index (χ3n) is 2.27. The quantitative estimate of drug-likeness (QED) is 0.490. The van der Waals surface area contributed by atoms with Crippen molar-refractivity contribution in [2.45, 2.75) is 6.42 Å². The lowest BCUT2D eigenvalue weighted by atomic mass is 10.2. The third-order valence-corrected chi connectivity index (χ3v) is 2.90. The molecule has 1 heterocycles. The summed E-state index contributed by atoms with van der Waals surface area (Å²) < 4.78 is 1.38. The zero-order chi connectivity index (χ0) is 13.1. The van der Waals surface area contributed by atoms with Crippen molar-refractivity contribution in [2.75, 3.05) is 5.33 Å². The molecule has 6 nitrogen and oxygen atoms in total. The molecule has 0 saturated heterocycles. The molecule has 0 bridgehead atoms. The normalized spacial score (nSPS) is 10.6. The van der Waals surface area contributed by atoms with E-state index in [1.54, 1.807) is 18.3 Å². The second kappa shape index (κ2) is 5.45. The van der Waals surface area contributed by atoms with Crippen LogP contribution < -0.4 is 0 Å². The highest BCUT2D eigenvalue weighted by Gasteiger charge is 2.17. The van der Waals surface area contributed by atoms with Crippen molar-refractivity contribution >= 4 is 33.2 Å². The second-order valence-corrected chi connectivity index (χ2v) is 4.71. The van der Waals surface area contributed by atoms with Gasteiger partial charge in [-0.05, 0) is 12.1 Å². The molecule has 0 fully saturated rings. The molecule has 0 spiro atoms. The van der Waals surface area contributed by atoms with Crippen molar-refractivity contribution < 1.29 is 4.92 Å². The fourth-order valence-electron chi connectivity index (χ4n) is 1.46. The summed E-state index contributed by atoms with van der Waals surface area (Å²) in [6.07, 6.45) is 2.37. The number of nitro groups is 1. The van der Waals surface area contributed by atoms with Gasteiger partial charge in [0.2, 0.25) is 0 Å². The topological polar surface area (TPSA) is 73.8 Å².